The van der Waals surface area contributed by atoms with E-state index in [1.165, 1.54) is 30.5 Å². The Hall–Kier alpha value is -0.210. The third-order valence-electron chi connectivity index (χ3n) is 3.56. The van der Waals surface area contributed by atoms with Gasteiger partial charge in [-0.3, -0.25) is 0 Å². The average molecular weight is 317 g/mol. The first-order valence-electron chi connectivity index (χ1n) is 6.30. The first-order valence-corrected chi connectivity index (χ1v) is 7.80. The molecule has 1 atom stereocenters. The number of anilines is 1. The molecule has 0 spiro atoms. The van der Waals surface area contributed by atoms with Gasteiger partial charge in [0.05, 0.1) is 0 Å². The predicted octanol–water partition coefficient (Wildman–Crippen LogP) is 4.86. The fourth-order valence-electron chi connectivity index (χ4n) is 2.36. The molecule has 94 valence electrons. The van der Waals surface area contributed by atoms with Crippen LogP contribution in [0.5, 0.6) is 0 Å². The molecule has 0 amide bonds. The van der Waals surface area contributed by atoms with E-state index in [4.69, 9.17) is 11.6 Å². The molecule has 0 N–H and O–H groups in total. The highest BCUT2D eigenvalue weighted by molar-refractivity contribution is 9.08. The van der Waals surface area contributed by atoms with Crippen LogP contribution in [0.25, 0.3) is 0 Å². The largest absolute Gasteiger partial charge is 0.371 e. The summed E-state index contributed by atoms with van der Waals surface area (Å²) in [7, 11) is 0. The van der Waals surface area contributed by atoms with Crippen molar-refractivity contribution in [1.29, 1.82) is 0 Å². The summed E-state index contributed by atoms with van der Waals surface area (Å²) in [4.78, 5) is 2.47. The third kappa shape index (κ3) is 3.38. The van der Waals surface area contributed by atoms with Crippen LogP contribution < -0.4 is 4.90 Å². The van der Waals surface area contributed by atoms with E-state index in [0.29, 0.717) is 0 Å². The lowest BCUT2D eigenvalue weighted by atomic mass is 10.0. The van der Waals surface area contributed by atoms with Crippen LogP contribution in [0, 0.1) is 5.92 Å². The van der Waals surface area contributed by atoms with Gasteiger partial charge in [0.25, 0.3) is 0 Å². The zero-order chi connectivity index (χ0) is 12.3. The quantitative estimate of drug-likeness (QED) is 0.704. The molecule has 1 aliphatic rings. The van der Waals surface area contributed by atoms with E-state index in [9.17, 15) is 0 Å². The van der Waals surface area contributed by atoms with Crippen LogP contribution in [0.1, 0.15) is 31.7 Å². The highest BCUT2D eigenvalue weighted by atomic mass is 79.9. The highest BCUT2D eigenvalue weighted by Gasteiger charge is 2.14. The zero-order valence-electron chi connectivity index (χ0n) is 10.3. The molecule has 2 rings (SSSR count). The molecule has 1 unspecified atom stereocenters. The summed E-state index contributed by atoms with van der Waals surface area (Å²) in [6.45, 7) is 4.67. The summed E-state index contributed by atoms with van der Waals surface area (Å²) in [6.07, 6.45) is 3.93. The number of halogens is 2. The number of rotatable bonds is 2. The Morgan fingerprint density at radius 3 is 2.88 bits per heavy atom. The van der Waals surface area contributed by atoms with E-state index < -0.39 is 0 Å². The predicted molar refractivity (Wildman–Crippen MR) is 79.3 cm³/mol. The molecule has 1 aliphatic heterocycles. The Morgan fingerprint density at radius 1 is 1.35 bits per heavy atom. The van der Waals surface area contributed by atoms with Gasteiger partial charge in [0.2, 0.25) is 0 Å². The monoisotopic (exact) mass is 315 g/mol. The van der Waals surface area contributed by atoms with Gasteiger partial charge in [0.1, 0.15) is 0 Å². The molecule has 0 aromatic heterocycles. The van der Waals surface area contributed by atoms with Crippen LogP contribution in [0.4, 0.5) is 5.69 Å². The minimum atomic E-state index is 0.823. The van der Waals surface area contributed by atoms with Gasteiger partial charge in [0.15, 0.2) is 0 Å². The smallest absolute Gasteiger partial charge is 0.0467 e. The van der Waals surface area contributed by atoms with Crippen LogP contribution in [0.15, 0.2) is 18.2 Å². The molecule has 1 aromatic carbocycles. The van der Waals surface area contributed by atoms with Gasteiger partial charge in [-0.1, -0.05) is 40.5 Å². The SMILES string of the molecule is CC1CCCN(c2ccc(CBr)c(Cl)c2)CC1. The van der Waals surface area contributed by atoms with Crippen LogP contribution in [0.3, 0.4) is 0 Å². The second kappa shape index (κ2) is 6.10. The van der Waals surface area contributed by atoms with E-state index in [-0.39, 0.29) is 0 Å². The Balaban J connectivity index is 2.13. The maximum atomic E-state index is 6.26. The molecule has 1 nitrogen and oxygen atoms in total. The van der Waals surface area contributed by atoms with Crippen molar-refractivity contribution in [2.75, 3.05) is 18.0 Å². The van der Waals surface area contributed by atoms with Crippen molar-refractivity contribution in [3.63, 3.8) is 0 Å². The number of nitrogens with zero attached hydrogens (tertiary/aromatic N) is 1. The standard InChI is InChI=1S/C14H19BrClN/c1-11-3-2-7-17(8-6-11)13-5-4-12(10-15)14(16)9-13/h4-5,9,11H,2-3,6-8,10H2,1H3. The summed E-state index contributed by atoms with van der Waals surface area (Å²) < 4.78 is 0. The maximum absolute atomic E-state index is 6.26. The Kier molecular flexibility index (Phi) is 4.75. The molecule has 1 heterocycles. The highest BCUT2D eigenvalue weighted by Crippen LogP contribution is 2.27. The minimum Gasteiger partial charge on any atom is -0.371 e. The molecule has 0 radical (unpaired) electrons. The maximum Gasteiger partial charge on any atom is 0.0467 e. The second-order valence-corrected chi connectivity index (χ2v) is 5.90. The lowest BCUT2D eigenvalue weighted by Gasteiger charge is -2.23. The van der Waals surface area contributed by atoms with Crippen LogP contribution in [-0.2, 0) is 5.33 Å². The number of hydrogen-bond donors (Lipinski definition) is 0. The Bertz CT molecular complexity index is 380. The van der Waals surface area contributed by atoms with Crippen molar-refractivity contribution in [3.8, 4) is 0 Å². The summed E-state index contributed by atoms with van der Waals surface area (Å²) in [6, 6.07) is 6.42. The van der Waals surface area contributed by atoms with E-state index in [0.717, 1.165) is 29.4 Å². The Labute approximate surface area is 117 Å². The average Bonchev–Trinajstić information content (AvgIpc) is 2.54. The Morgan fingerprint density at radius 2 is 2.18 bits per heavy atom. The van der Waals surface area contributed by atoms with E-state index in [2.05, 4.69) is 46.0 Å². The summed E-state index contributed by atoms with van der Waals surface area (Å²) >= 11 is 9.71. The van der Waals surface area contributed by atoms with Gasteiger partial charge in [-0.05, 0) is 42.9 Å². The fraction of sp³-hybridized carbons (Fsp3) is 0.571. The van der Waals surface area contributed by atoms with Crippen molar-refractivity contribution < 1.29 is 0 Å². The molecule has 1 aromatic rings. The van der Waals surface area contributed by atoms with Crippen LogP contribution in [0.2, 0.25) is 5.02 Å². The van der Waals surface area contributed by atoms with Crippen molar-refractivity contribution in [3.05, 3.63) is 28.8 Å². The third-order valence-corrected chi connectivity index (χ3v) is 4.52. The van der Waals surface area contributed by atoms with Crippen molar-refractivity contribution in [2.45, 2.75) is 31.5 Å². The summed E-state index contributed by atoms with van der Waals surface area (Å²) in [5.74, 6) is 0.859. The number of hydrogen-bond acceptors (Lipinski definition) is 1. The van der Waals surface area contributed by atoms with Crippen molar-refractivity contribution in [2.24, 2.45) is 5.92 Å². The summed E-state index contributed by atoms with van der Waals surface area (Å²) in [5.41, 5.74) is 2.44. The van der Waals surface area contributed by atoms with Gasteiger partial charge in [-0.2, -0.15) is 0 Å². The van der Waals surface area contributed by atoms with Gasteiger partial charge in [-0.25, -0.2) is 0 Å². The molecule has 1 fully saturated rings. The number of alkyl halides is 1. The lowest BCUT2D eigenvalue weighted by molar-refractivity contribution is 0.521. The molecule has 0 aliphatic carbocycles. The van der Waals surface area contributed by atoms with Gasteiger partial charge >= 0.3 is 0 Å². The molecule has 3 heteroatoms. The summed E-state index contributed by atoms with van der Waals surface area (Å²) in [5, 5.41) is 1.69. The van der Waals surface area contributed by atoms with E-state index in [1.54, 1.807) is 0 Å². The second-order valence-electron chi connectivity index (χ2n) is 4.93. The number of benzene rings is 1. The molecule has 0 saturated carbocycles. The van der Waals surface area contributed by atoms with Crippen molar-refractivity contribution >= 4 is 33.2 Å². The van der Waals surface area contributed by atoms with Gasteiger partial charge < -0.3 is 4.90 Å². The zero-order valence-corrected chi connectivity index (χ0v) is 12.6. The first-order chi connectivity index (χ1) is 8.20. The molecule has 17 heavy (non-hydrogen) atoms. The van der Waals surface area contributed by atoms with Crippen LogP contribution >= 0.6 is 27.5 Å². The molecule has 1 saturated heterocycles. The normalized spacial score (nSPS) is 21.4. The topological polar surface area (TPSA) is 3.24 Å². The van der Waals surface area contributed by atoms with Gasteiger partial charge in [0, 0.05) is 29.1 Å². The molecular weight excluding hydrogens is 298 g/mol. The lowest BCUT2D eigenvalue weighted by Crippen LogP contribution is -2.24. The van der Waals surface area contributed by atoms with Crippen LogP contribution in [-0.4, -0.2) is 13.1 Å². The van der Waals surface area contributed by atoms with E-state index in [1.807, 2.05) is 0 Å². The molecule has 0 bridgehead atoms. The van der Waals surface area contributed by atoms with E-state index >= 15 is 0 Å². The molecular formula is C14H19BrClN. The fourth-order valence-corrected chi connectivity index (χ4v) is 3.25. The van der Waals surface area contributed by atoms with Gasteiger partial charge in [-0.15, -0.1) is 0 Å². The minimum absolute atomic E-state index is 0.823. The van der Waals surface area contributed by atoms with Crippen molar-refractivity contribution in [1.82, 2.24) is 0 Å². The first kappa shape index (κ1) is 13.2.